The molecule has 1 unspecified atom stereocenters. The molecule has 2 aliphatic rings. The number of hydrogen-bond donors (Lipinski definition) is 20. The van der Waals surface area contributed by atoms with Gasteiger partial charge in [0.1, 0.15) is 79.1 Å². The number of fused-ring (bicyclic) bond motifs is 3. The van der Waals surface area contributed by atoms with Gasteiger partial charge in [0.2, 0.25) is 82.7 Å². The fourth-order valence-corrected chi connectivity index (χ4v) is 12.2. The maximum absolute atomic E-state index is 14.8. The number of aliphatic hydroxyl groups excluding tert-OH is 1. The van der Waals surface area contributed by atoms with Crippen LogP contribution in [0, 0.1) is 5.92 Å². The van der Waals surface area contributed by atoms with E-state index in [1.807, 2.05) is 5.32 Å². The number of carbonyl (C=O) groups is 20. The highest BCUT2D eigenvalue weighted by atomic mass is 16.5. The zero-order valence-electron chi connectivity index (χ0n) is 63.1. The number of imide groups is 1. The lowest BCUT2D eigenvalue weighted by atomic mass is 9.96. The van der Waals surface area contributed by atoms with E-state index in [9.17, 15) is 116 Å². The molecule has 622 valence electrons. The summed E-state index contributed by atoms with van der Waals surface area (Å²) in [5.41, 5.74) is 18.1. The number of amides is 15. The van der Waals surface area contributed by atoms with Crippen molar-refractivity contribution in [3.05, 3.63) is 65.9 Å². The number of benzene rings is 2. The number of cyclic esters (lactones) is 1. The van der Waals surface area contributed by atoms with Crippen molar-refractivity contribution in [2.24, 2.45) is 17.4 Å². The topological polar surface area (TPSA) is 673 Å². The van der Waals surface area contributed by atoms with Gasteiger partial charge in [-0.15, -0.1) is 0 Å². The number of ketones is 1. The van der Waals surface area contributed by atoms with Gasteiger partial charge in [-0.3, -0.25) is 96.0 Å². The molecule has 114 heavy (non-hydrogen) atoms. The summed E-state index contributed by atoms with van der Waals surface area (Å²) in [4.78, 5) is 278. The Kier molecular flexibility index (Phi) is 36.5. The van der Waals surface area contributed by atoms with Crippen molar-refractivity contribution >= 4 is 135 Å². The molecule has 42 heteroatoms. The zero-order valence-corrected chi connectivity index (χ0v) is 63.1. The van der Waals surface area contributed by atoms with Crippen molar-refractivity contribution in [1.29, 1.82) is 0 Å². The van der Waals surface area contributed by atoms with Crippen LogP contribution in [0.3, 0.4) is 0 Å². The van der Waals surface area contributed by atoms with E-state index in [0.717, 1.165) is 52.9 Å². The molecule has 0 saturated carbocycles. The van der Waals surface area contributed by atoms with E-state index in [4.69, 9.17) is 21.9 Å². The molecular weight excluding hydrogens is 1500 g/mol. The highest BCUT2D eigenvalue weighted by molar-refractivity contribution is 6.10. The third-order valence-corrected chi connectivity index (χ3v) is 18.3. The molecule has 3 aromatic rings. The van der Waals surface area contributed by atoms with Gasteiger partial charge in [-0.2, -0.15) is 0 Å². The maximum Gasteiger partial charge on any atom is 0.329 e. The van der Waals surface area contributed by atoms with Crippen molar-refractivity contribution in [2.75, 3.05) is 32.0 Å². The number of aliphatic hydroxyl groups is 1. The summed E-state index contributed by atoms with van der Waals surface area (Å²) in [7, 11) is 0. The summed E-state index contributed by atoms with van der Waals surface area (Å²) in [5.74, 6) is -28.5. The number of nitrogens with zero attached hydrogens (tertiary/aromatic N) is 1. The van der Waals surface area contributed by atoms with E-state index < -0.39 is 255 Å². The molecule has 13 atom stereocenters. The second-order valence-corrected chi connectivity index (χ2v) is 27.5. The highest BCUT2D eigenvalue weighted by Crippen LogP contribution is 2.22. The molecule has 2 bridgehead atoms. The monoisotopic (exact) mass is 1600 g/mol. The van der Waals surface area contributed by atoms with Crippen LogP contribution < -0.4 is 81.0 Å². The van der Waals surface area contributed by atoms with Crippen LogP contribution in [0.1, 0.15) is 146 Å². The number of carboxylic acid groups (broad SMARTS) is 3. The van der Waals surface area contributed by atoms with Crippen molar-refractivity contribution in [3.63, 3.8) is 0 Å². The number of carbonyl (C=O) groups excluding carboxylic acids is 17. The molecule has 2 saturated heterocycles. The molecule has 0 spiro atoms. The van der Waals surface area contributed by atoms with Crippen molar-refractivity contribution in [3.8, 4) is 0 Å². The number of hydrogen-bond acceptors (Lipinski definition) is 24. The summed E-state index contributed by atoms with van der Waals surface area (Å²) < 4.78 is 5.69. The average Bonchev–Trinajstić information content (AvgIpc) is 1.73. The van der Waals surface area contributed by atoms with E-state index in [-0.39, 0.29) is 43.5 Å². The second kappa shape index (κ2) is 45.1. The Hall–Kier alpha value is -12.5. The third-order valence-electron chi connectivity index (χ3n) is 18.3. The number of nitrogens with two attached hydrogens (primary N) is 3. The van der Waals surface area contributed by atoms with Gasteiger partial charge in [-0.1, -0.05) is 82.7 Å². The number of carboxylic acids is 3. The van der Waals surface area contributed by atoms with Crippen LogP contribution in [0.4, 0.5) is 5.69 Å². The van der Waals surface area contributed by atoms with E-state index in [2.05, 4.69) is 70.4 Å². The van der Waals surface area contributed by atoms with Gasteiger partial charge in [0.05, 0.1) is 45.3 Å². The van der Waals surface area contributed by atoms with Crippen LogP contribution in [-0.2, 0) is 102 Å². The van der Waals surface area contributed by atoms with E-state index >= 15 is 0 Å². The van der Waals surface area contributed by atoms with Gasteiger partial charge in [0.25, 0.3) is 5.91 Å². The van der Waals surface area contributed by atoms with E-state index in [1.165, 1.54) is 24.3 Å². The Morgan fingerprint density at radius 3 is 1.86 bits per heavy atom. The quantitative estimate of drug-likeness (QED) is 0.00889. The third kappa shape index (κ3) is 29.0. The molecule has 0 radical (unpaired) electrons. The number of anilines is 1. The molecule has 3 heterocycles. The minimum atomic E-state index is -2.44. The van der Waals surface area contributed by atoms with Gasteiger partial charge in [0.15, 0.2) is 5.78 Å². The van der Waals surface area contributed by atoms with Crippen molar-refractivity contribution in [1.82, 2.24) is 73.7 Å². The summed E-state index contributed by atoms with van der Waals surface area (Å²) in [6.07, 6.45) is -1.75. The number of nitrogens with one attached hydrogen (secondary N) is 13. The number of nitrogen functional groups attached to an aromatic ring is 1. The summed E-state index contributed by atoms with van der Waals surface area (Å²) in [5, 5.41) is 67.5. The minimum absolute atomic E-state index is 0.0141. The van der Waals surface area contributed by atoms with Gasteiger partial charge in [0, 0.05) is 47.6 Å². The second-order valence-electron chi connectivity index (χ2n) is 27.5. The lowest BCUT2D eigenvalue weighted by Crippen LogP contribution is -2.62. The zero-order chi connectivity index (χ0) is 84.6. The van der Waals surface area contributed by atoms with Crippen LogP contribution in [0.15, 0.2) is 54.7 Å². The molecule has 15 amide bonds. The van der Waals surface area contributed by atoms with Crippen molar-refractivity contribution < 1.29 is 121 Å². The van der Waals surface area contributed by atoms with Crippen LogP contribution in [-0.4, -0.2) is 247 Å². The lowest BCUT2D eigenvalue weighted by molar-refractivity contribution is -0.156. The number of aromatic nitrogens is 1. The number of H-pyrrole nitrogens is 1. The Balaban J connectivity index is 1.59. The molecule has 2 aromatic carbocycles. The van der Waals surface area contributed by atoms with Gasteiger partial charge in [-0.25, -0.2) is 4.79 Å². The van der Waals surface area contributed by atoms with Crippen LogP contribution in [0.25, 0.3) is 10.9 Å². The fourth-order valence-electron chi connectivity index (χ4n) is 12.2. The van der Waals surface area contributed by atoms with Crippen molar-refractivity contribution in [2.45, 2.75) is 209 Å². The predicted molar refractivity (Wildman–Crippen MR) is 396 cm³/mol. The Morgan fingerprint density at radius 2 is 1.22 bits per heavy atom. The number of para-hydroxylation sites is 2. The normalized spacial score (nSPS) is 21.8. The number of rotatable bonds is 33. The average molecular weight is 1600 g/mol. The smallest absolute Gasteiger partial charge is 0.329 e. The first-order chi connectivity index (χ1) is 53.9. The first-order valence-electron chi connectivity index (χ1n) is 36.8. The molecule has 2 fully saturated rings. The van der Waals surface area contributed by atoms with Crippen LogP contribution in [0.2, 0.25) is 0 Å². The number of ether oxygens (including phenoxy) is 1. The Morgan fingerprint density at radius 1 is 0.614 bits per heavy atom. The van der Waals surface area contributed by atoms with Gasteiger partial charge in [-0.05, 0) is 69.3 Å². The fraction of sp³-hybridized carbons (Fsp3) is 0.528. The molecule has 42 nitrogen and oxygen atoms in total. The minimum Gasteiger partial charge on any atom is -0.481 e. The molecule has 1 aromatic heterocycles. The standard InChI is InChI=1S/C72H99N17O25/c1-5-6-7-8-9-10-11-22-53(93)80-44(25-38-31-76-42-20-15-13-17-39(38)42)65(106)82-45(27-52(75)92)66(107)84-47(30-59(101)102)67(108)88-61-37(4)114-72(113)49(26-51(91)40-18-12-14-19-41(40)74)86-70(111)60(35(2)24-57(97)98)87-68(109)50(34-90)81-55(95)33-89-56(96)28-48(71(89)112)85-62(103)36(3)78-64(105)46(29-58(99)100)83-63(104)43(21-16-23-73)79-54(94)32-77-69(61)110/h12-15,17-20,31,35-37,43-50,60-61,76,90H,5-11,16,21-30,32-34,73-74H2,1-4H3,(H2,75,92)(H,77,110)(H,78,105)(H,79,94)(H,80,93)(H,81,95)(H,82,106)(H,83,104)(H,84,107)(H,85,103)(H,86,111)(H,87,109)(H,88,108)(H,97,98)(H,99,100)(H,101,102)/t35-,36-,37-,43+,44+,45-,46+,47+,48?,49+,50-,60+,61+/m1/s1. The Labute approximate surface area is 651 Å². The number of aliphatic carboxylic acids is 3. The van der Waals surface area contributed by atoms with E-state index in [0.29, 0.717) is 34.2 Å². The van der Waals surface area contributed by atoms with Crippen LogP contribution >= 0.6 is 0 Å². The lowest BCUT2D eigenvalue weighted by Gasteiger charge is -2.30. The summed E-state index contributed by atoms with van der Waals surface area (Å²) in [6, 6.07) is -9.90. The Bertz CT molecular complexity index is 4080. The number of Topliss-reactive ketones (excluding diaryl/α,β-unsaturated/α-hetero) is 1. The molecule has 2 aliphatic heterocycles. The maximum atomic E-state index is 14.8. The highest BCUT2D eigenvalue weighted by Gasteiger charge is 2.44. The first-order valence-corrected chi connectivity index (χ1v) is 36.8. The molecular formula is C72H99N17O25. The number of primary amides is 1. The van der Waals surface area contributed by atoms with E-state index in [1.54, 1.807) is 30.5 Å². The van der Waals surface area contributed by atoms with Gasteiger partial charge < -0.3 is 111 Å². The number of unbranched alkanes of at least 4 members (excludes halogenated alkanes) is 6. The SMILES string of the molecule is CCCCCCCCCC(=O)N[C@@H](Cc1c[nH]c2ccccc12)C(=O)N[C@H](CC(N)=O)C(=O)N[C@@H](CC(=O)O)C(=O)N[C@@H]1C(=O)NCC(=O)N[C@@H](CCCN)C(=O)N[C@@H](CC(=O)O)C(=O)N[C@H](C)C(=O)NC2CC(=O)N(CC(=O)N[C@H](CO)C(=O)N[C@@H]([C@H](C)CC(=O)O)C(=O)N[C@@H](CC(=O)c3ccccc3N)C(=O)O[C@@H]1C)C2=O. The largest absolute Gasteiger partial charge is 0.481 e. The summed E-state index contributed by atoms with van der Waals surface area (Å²) in [6.45, 7) is 1.23. The molecule has 5 rings (SSSR count). The predicted octanol–water partition coefficient (Wildman–Crippen LogP) is -5.45. The van der Waals surface area contributed by atoms with Gasteiger partial charge >= 0.3 is 23.9 Å². The first kappa shape index (κ1) is 92.1. The molecule has 23 N–H and O–H groups in total. The van der Waals surface area contributed by atoms with Crippen LogP contribution in [0.5, 0.6) is 0 Å². The number of aromatic amines is 1. The number of esters is 1. The molecule has 0 aliphatic carbocycles. The summed E-state index contributed by atoms with van der Waals surface area (Å²) >= 11 is 0.